The highest BCUT2D eigenvalue weighted by Crippen LogP contribution is 2.30. The maximum Gasteiger partial charge on any atom is 0.0449 e. The van der Waals surface area contributed by atoms with Crippen LogP contribution in [0.15, 0.2) is 36.4 Å². The summed E-state index contributed by atoms with van der Waals surface area (Å²) in [5.74, 6) is 0. The number of hydrogen-bond acceptors (Lipinski definition) is 2. The normalized spacial score (nSPS) is 14.2. The summed E-state index contributed by atoms with van der Waals surface area (Å²) in [6.07, 6.45) is 2.37. The molecule has 0 fully saturated rings. The predicted molar refractivity (Wildman–Crippen MR) is 86.4 cm³/mol. The fraction of sp³-hybridized carbons (Fsp3) is 0.294. The molecule has 0 spiro atoms. The van der Waals surface area contributed by atoms with Gasteiger partial charge < -0.3 is 10.6 Å². The van der Waals surface area contributed by atoms with Crippen LogP contribution in [0.3, 0.4) is 0 Å². The Hall–Kier alpha value is -1.67. The van der Waals surface area contributed by atoms with Crippen molar-refractivity contribution in [3.8, 4) is 0 Å². The monoisotopic (exact) mass is 286 g/mol. The van der Waals surface area contributed by atoms with E-state index >= 15 is 0 Å². The Kier molecular flexibility index (Phi) is 3.58. The second-order valence-corrected chi connectivity index (χ2v) is 5.94. The van der Waals surface area contributed by atoms with E-state index in [2.05, 4.69) is 30.0 Å². The van der Waals surface area contributed by atoms with Gasteiger partial charge >= 0.3 is 0 Å². The van der Waals surface area contributed by atoms with E-state index in [1.54, 1.807) is 0 Å². The highest BCUT2D eigenvalue weighted by molar-refractivity contribution is 6.30. The van der Waals surface area contributed by atoms with Gasteiger partial charge in [-0.15, -0.1) is 0 Å². The van der Waals surface area contributed by atoms with E-state index in [0.29, 0.717) is 5.02 Å². The van der Waals surface area contributed by atoms with Crippen LogP contribution in [0.5, 0.6) is 0 Å². The number of nitrogens with two attached hydrogens (primary N) is 1. The summed E-state index contributed by atoms with van der Waals surface area (Å²) in [5.41, 5.74) is 12.1. The van der Waals surface area contributed by atoms with Gasteiger partial charge in [0.2, 0.25) is 0 Å². The van der Waals surface area contributed by atoms with Crippen LogP contribution in [0.1, 0.15) is 23.1 Å². The number of fused-ring (bicyclic) bond motifs is 1. The quantitative estimate of drug-likeness (QED) is 0.839. The Balaban J connectivity index is 1.89. The zero-order valence-corrected chi connectivity index (χ0v) is 12.5. The standard InChI is InChI=1S/C17H19ClN2/c1-12-4-7-17-13(9-12)3-2-8-20(17)11-14-5-6-15(18)10-16(14)19/h4-7,9-10H,2-3,8,11,19H2,1H3. The number of nitrogens with zero attached hydrogens (tertiary/aromatic N) is 1. The van der Waals surface area contributed by atoms with Gasteiger partial charge in [-0.3, -0.25) is 0 Å². The van der Waals surface area contributed by atoms with Crippen molar-refractivity contribution in [3.63, 3.8) is 0 Å². The number of aryl methyl sites for hydroxylation is 2. The van der Waals surface area contributed by atoms with Gasteiger partial charge in [-0.1, -0.05) is 35.4 Å². The molecule has 0 radical (unpaired) electrons. The lowest BCUT2D eigenvalue weighted by molar-refractivity contribution is 0.691. The summed E-state index contributed by atoms with van der Waals surface area (Å²) in [6.45, 7) is 4.08. The third-order valence-electron chi connectivity index (χ3n) is 3.92. The van der Waals surface area contributed by atoms with Gasteiger partial charge in [-0.2, -0.15) is 0 Å². The Morgan fingerprint density at radius 3 is 2.85 bits per heavy atom. The fourth-order valence-corrected chi connectivity index (χ4v) is 3.06. The average molecular weight is 287 g/mol. The van der Waals surface area contributed by atoms with Gasteiger partial charge in [-0.25, -0.2) is 0 Å². The first kappa shape index (κ1) is 13.3. The lowest BCUT2D eigenvalue weighted by Crippen LogP contribution is -2.29. The van der Waals surface area contributed by atoms with Crippen LogP contribution in [0, 0.1) is 6.92 Å². The van der Waals surface area contributed by atoms with Crippen molar-refractivity contribution in [1.29, 1.82) is 0 Å². The van der Waals surface area contributed by atoms with Crippen molar-refractivity contribution in [2.75, 3.05) is 17.2 Å². The molecule has 3 heteroatoms. The van der Waals surface area contributed by atoms with Gasteiger partial charge in [0.05, 0.1) is 0 Å². The first-order chi connectivity index (χ1) is 9.63. The van der Waals surface area contributed by atoms with Crippen molar-refractivity contribution in [1.82, 2.24) is 0 Å². The molecule has 0 amide bonds. The lowest BCUT2D eigenvalue weighted by Gasteiger charge is -2.32. The van der Waals surface area contributed by atoms with Gasteiger partial charge in [0.25, 0.3) is 0 Å². The molecule has 1 aliphatic heterocycles. The molecular formula is C17H19ClN2. The van der Waals surface area contributed by atoms with Crippen LogP contribution in [0.25, 0.3) is 0 Å². The molecular weight excluding hydrogens is 268 g/mol. The number of benzene rings is 2. The molecule has 0 saturated heterocycles. The van der Waals surface area contributed by atoms with Crippen LogP contribution >= 0.6 is 11.6 Å². The first-order valence-electron chi connectivity index (χ1n) is 7.02. The number of halogens is 1. The van der Waals surface area contributed by atoms with E-state index in [0.717, 1.165) is 24.3 Å². The van der Waals surface area contributed by atoms with Gasteiger partial charge in [0.15, 0.2) is 0 Å². The van der Waals surface area contributed by atoms with E-state index in [4.69, 9.17) is 17.3 Å². The Morgan fingerprint density at radius 2 is 2.05 bits per heavy atom. The number of nitrogen functional groups attached to an aromatic ring is 1. The topological polar surface area (TPSA) is 29.3 Å². The summed E-state index contributed by atoms with van der Waals surface area (Å²) in [5, 5.41) is 0.695. The third-order valence-corrected chi connectivity index (χ3v) is 4.15. The van der Waals surface area contributed by atoms with Crippen molar-refractivity contribution in [3.05, 3.63) is 58.1 Å². The lowest BCUT2D eigenvalue weighted by atomic mass is 9.99. The van der Waals surface area contributed by atoms with Gasteiger partial charge in [0.1, 0.15) is 0 Å². The van der Waals surface area contributed by atoms with Gasteiger partial charge in [-0.05, 0) is 49.1 Å². The average Bonchev–Trinajstić information content (AvgIpc) is 2.41. The van der Waals surface area contributed by atoms with E-state index < -0.39 is 0 Å². The molecule has 3 rings (SSSR count). The molecule has 1 heterocycles. The zero-order chi connectivity index (χ0) is 14.1. The minimum Gasteiger partial charge on any atom is -0.398 e. The number of hydrogen-bond donors (Lipinski definition) is 1. The molecule has 20 heavy (non-hydrogen) atoms. The van der Waals surface area contributed by atoms with Crippen LogP contribution in [-0.2, 0) is 13.0 Å². The molecule has 2 aromatic carbocycles. The summed E-state index contributed by atoms with van der Waals surface area (Å²) < 4.78 is 0. The molecule has 0 bridgehead atoms. The second kappa shape index (κ2) is 5.37. The molecule has 0 atom stereocenters. The molecule has 1 aliphatic rings. The number of rotatable bonds is 2. The first-order valence-corrected chi connectivity index (χ1v) is 7.39. The maximum absolute atomic E-state index is 6.07. The van der Waals surface area contributed by atoms with Crippen LogP contribution < -0.4 is 10.6 Å². The van der Waals surface area contributed by atoms with Crippen molar-refractivity contribution >= 4 is 23.0 Å². The van der Waals surface area contributed by atoms with Crippen LogP contribution in [-0.4, -0.2) is 6.54 Å². The summed E-state index contributed by atoms with van der Waals surface area (Å²) in [6, 6.07) is 12.5. The molecule has 0 aliphatic carbocycles. The van der Waals surface area contributed by atoms with Gasteiger partial charge in [0, 0.05) is 29.5 Å². The third kappa shape index (κ3) is 2.61. The highest BCUT2D eigenvalue weighted by Gasteiger charge is 2.17. The molecule has 0 aromatic heterocycles. The van der Waals surface area contributed by atoms with Crippen molar-refractivity contribution < 1.29 is 0 Å². The van der Waals surface area contributed by atoms with Crippen LogP contribution in [0.2, 0.25) is 5.02 Å². The smallest absolute Gasteiger partial charge is 0.0449 e. The number of anilines is 2. The minimum absolute atomic E-state index is 0.695. The molecule has 2 N–H and O–H groups in total. The maximum atomic E-state index is 6.07. The Morgan fingerprint density at radius 1 is 1.20 bits per heavy atom. The molecule has 0 saturated carbocycles. The Bertz CT molecular complexity index is 637. The second-order valence-electron chi connectivity index (χ2n) is 5.50. The predicted octanol–water partition coefficient (Wildman–Crippen LogP) is 4.18. The SMILES string of the molecule is Cc1ccc2c(c1)CCCN2Cc1ccc(Cl)cc1N. The van der Waals surface area contributed by atoms with E-state index in [1.807, 2.05) is 18.2 Å². The largest absolute Gasteiger partial charge is 0.398 e. The van der Waals surface area contributed by atoms with E-state index in [-0.39, 0.29) is 0 Å². The van der Waals surface area contributed by atoms with E-state index in [9.17, 15) is 0 Å². The van der Waals surface area contributed by atoms with Crippen molar-refractivity contribution in [2.45, 2.75) is 26.3 Å². The molecule has 2 nitrogen and oxygen atoms in total. The molecule has 104 valence electrons. The zero-order valence-electron chi connectivity index (χ0n) is 11.7. The summed E-state index contributed by atoms with van der Waals surface area (Å²) >= 11 is 5.96. The molecule has 2 aromatic rings. The van der Waals surface area contributed by atoms with Crippen LogP contribution in [0.4, 0.5) is 11.4 Å². The Labute approximate surface area is 125 Å². The summed E-state index contributed by atoms with van der Waals surface area (Å²) in [4.78, 5) is 2.41. The van der Waals surface area contributed by atoms with Crippen molar-refractivity contribution in [2.24, 2.45) is 0 Å². The fourth-order valence-electron chi connectivity index (χ4n) is 2.88. The molecule has 0 unspecified atom stereocenters. The highest BCUT2D eigenvalue weighted by atomic mass is 35.5. The minimum atomic E-state index is 0.695. The summed E-state index contributed by atoms with van der Waals surface area (Å²) in [7, 11) is 0. The van der Waals surface area contributed by atoms with E-state index in [1.165, 1.54) is 29.7 Å².